The SMILES string of the molecule is COc1ccc(C(CN)C2CCCCC2C)c(C)c1. The molecule has 0 saturated heterocycles. The van der Waals surface area contributed by atoms with Crippen LogP contribution in [0.3, 0.4) is 0 Å². The third-order valence-corrected chi connectivity index (χ3v) is 4.83. The van der Waals surface area contributed by atoms with Crippen LogP contribution in [0.1, 0.15) is 49.7 Å². The number of benzene rings is 1. The molecule has 0 aromatic heterocycles. The molecule has 0 aliphatic heterocycles. The van der Waals surface area contributed by atoms with Crippen molar-refractivity contribution in [3.05, 3.63) is 29.3 Å². The van der Waals surface area contributed by atoms with E-state index in [-0.39, 0.29) is 0 Å². The van der Waals surface area contributed by atoms with Crippen LogP contribution in [0.2, 0.25) is 0 Å². The Morgan fingerprint density at radius 1 is 1.32 bits per heavy atom. The molecule has 2 nitrogen and oxygen atoms in total. The van der Waals surface area contributed by atoms with Crippen LogP contribution >= 0.6 is 0 Å². The van der Waals surface area contributed by atoms with Gasteiger partial charge in [0.05, 0.1) is 7.11 Å². The summed E-state index contributed by atoms with van der Waals surface area (Å²) in [6, 6.07) is 6.41. The van der Waals surface area contributed by atoms with E-state index >= 15 is 0 Å². The van der Waals surface area contributed by atoms with Crippen LogP contribution in [0.5, 0.6) is 5.75 Å². The van der Waals surface area contributed by atoms with E-state index in [2.05, 4.69) is 32.0 Å². The Morgan fingerprint density at radius 3 is 2.63 bits per heavy atom. The highest BCUT2D eigenvalue weighted by molar-refractivity contribution is 5.37. The minimum atomic E-state index is 0.501. The van der Waals surface area contributed by atoms with Gasteiger partial charge in [0.2, 0.25) is 0 Å². The standard InChI is InChI=1S/C17H27NO/c1-12-6-4-5-7-15(12)17(11-18)16-9-8-14(19-3)10-13(16)2/h8-10,12,15,17H,4-7,11,18H2,1-3H3. The summed E-state index contributed by atoms with van der Waals surface area (Å²) in [6.45, 7) is 5.32. The fraction of sp³-hybridized carbons (Fsp3) is 0.647. The van der Waals surface area contributed by atoms with E-state index in [1.165, 1.54) is 36.8 Å². The zero-order valence-corrected chi connectivity index (χ0v) is 12.5. The summed E-state index contributed by atoms with van der Waals surface area (Å²) >= 11 is 0. The normalized spacial score (nSPS) is 25.1. The Balaban J connectivity index is 2.25. The minimum Gasteiger partial charge on any atom is -0.497 e. The van der Waals surface area contributed by atoms with E-state index in [1.807, 2.05) is 0 Å². The second-order valence-corrected chi connectivity index (χ2v) is 5.99. The molecule has 106 valence electrons. The van der Waals surface area contributed by atoms with Crippen LogP contribution in [-0.4, -0.2) is 13.7 Å². The van der Waals surface area contributed by atoms with Crippen LogP contribution in [0.25, 0.3) is 0 Å². The summed E-state index contributed by atoms with van der Waals surface area (Å²) in [5.74, 6) is 2.98. The number of hydrogen-bond acceptors (Lipinski definition) is 2. The predicted octanol–water partition coefficient (Wildman–Crippen LogP) is 3.87. The Labute approximate surface area is 117 Å². The van der Waals surface area contributed by atoms with Gasteiger partial charge >= 0.3 is 0 Å². The molecule has 1 fully saturated rings. The van der Waals surface area contributed by atoms with Crippen LogP contribution in [0.15, 0.2) is 18.2 Å². The molecule has 2 N–H and O–H groups in total. The Bertz CT molecular complexity index is 416. The van der Waals surface area contributed by atoms with Gasteiger partial charge in [-0.15, -0.1) is 0 Å². The molecule has 1 aliphatic carbocycles. The molecule has 1 aromatic rings. The third-order valence-electron chi connectivity index (χ3n) is 4.83. The smallest absolute Gasteiger partial charge is 0.119 e. The van der Waals surface area contributed by atoms with E-state index in [4.69, 9.17) is 10.5 Å². The topological polar surface area (TPSA) is 35.2 Å². The third kappa shape index (κ3) is 3.11. The van der Waals surface area contributed by atoms with Gasteiger partial charge < -0.3 is 10.5 Å². The van der Waals surface area contributed by atoms with Crippen LogP contribution < -0.4 is 10.5 Å². The first-order valence-corrected chi connectivity index (χ1v) is 7.52. The molecule has 19 heavy (non-hydrogen) atoms. The van der Waals surface area contributed by atoms with Crippen molar-refractivity contribution in [2.45, 2.75) is 45.4 Å². The minimum absolute atomic E-state index is 0.501. The highest BCUT2D eigenvalue weighted by Gasteiger charge is 2.30. The maximum absolute atomic E-state index is 6.11. The van der Waals surface area contributed by atoms with Gasteiger partial charge in [0, 0.05) is 0 Å². The van der Waals surface area contributed by atoms with Crippen LogP contribution in [0.4, 0.5) is 0 Å². The Hall–Kier alpha value is -1.02. The quantitative estimate of drug-likeness (QED) is 0.893. The fourth-order valence-electron chi connectivity index (χ4n) is 3.67. The second kappa shape index (κ2) is 6.42. The first kappa shape index (κ1) is 14.4. The Kier molecular flexibility index (Phi) is 4.87. The molecule has 1 aliphatic rings. The molecular weight excluding hydrogens is 234 g/mol. The lowest BCUT2D eigenvalue weighted by atomic mass is 9.70. The first-order chi connectivity index (χ1) is 9.17. The number of ether oxygens (including phenoxy) is 1. The summed E-state index contributed by atoms with van der Waals surface area (Å²) in [4.78, 5) is 0. The highest BCUT2D eigenvalue weighted by Crippen LogP contribution is 2.40. The Morgan fingerprint density at radius 2 is 2.05 bits per heavy atom. The van der Waals surface area contributed by atoms with Crippen molar-refractivity contribution in [1.29, 1.82) is 0 Å². The molecule has 3 unspecified atom stereocenters. The van der Waals surface area contributed by atoms with Crippen LogP contribution in [-0.2, 0) is 0 Å². The number of methoxy groups -OCH3 is 1. The number of rotatable bonds is 4. The summed E-state index contributed by atoms with van der Waals surface area (Å²) in [5.41, 5.74) is 8.84. The average molecular weight is 261 g/mol. The fourth-order valence-corrected chi connectivity index (χ4v) is 3.67. The maximum Gasteiger partial charge on any atom is 0.119 e. The lowest BCUT2D eigenvalue weighted by Crippen LogP contribution is -2.29. The highest BCUT2D eigenvalue weighted by atomic mass is 16.5. The zero-order chi connectivity index (χ0) is 13.8. The predicted molar refractivity (Wildman–Crippen MR) is 80.6 cm³/mol. The van der Waals surface area contributed by atoms with Crippen molar-refractivity contribution in [3.8, 4) is 5.75 Å². The summed E-state index contributed by atoms with van der Waals surface area (Å²) in [6.07, 6.45) is 5.43. The van der Waals surface area contributed by atoms with Crippen molar-refractivity contribution in [1.82, 2.24) is 0 Å². The van der Waals surface area contributed by atoms with Gasteiger partial charge in [-0.1, -0.05) is 32.3 Å². The maximum atomic E-state index is 6.11. The summed E-state index contributed by atoms with van der Waals surface area (Å²) in [5, 5.41) is 0. The number of nitrogens with two attached hydrogens (primary N) is 1. The lowest BCUT2D eigenvalue weighted by Gasteiger charge is -2.36. The molecule has 0 amide bonds. The van der Waals surface area contributed by atoms with E-state index in [1.54, 1.807) is 7.11 Å². The molecule has 0 heterocycles. The lowest BCUT2D eigenvalue weighted by molar-refractivity contribution is 0.218. The van der Waals surface area contributed by atoms with E-state index < -0.39 is 0 Å². The van der Waals surface area contributed by atoms with Gasteiger partial charge in [-0.05, 0) is 60.9 Å². The monoisotopic (exact) mass is 261 g/mol. The van der Waals surface area contributed by atoms with E-state index in [0.717, 1.165) is 24.1 Å². The van der Waals surface area contributed by atoms with Crippen molar-refractivity contribution < 1.29 is 4.74 Å². The average Bonchev–Trinajstić information content (AvgIpc) is 2.43. The second-order valence-electron chi connectivity index (χ2n) is 5.99. The molecule has 2 heteroatoms. The molecule has 0 spiro atoms. The molecule has 3 atom stereocenters. The van der Waals surface area contributed by atoms with Crippen molar-refractivity contribution in [2.24, 2.45) is 17.6 Å². The van der Waals surface area contributed by atoms with Gasteiger partial charge in [0.15, 0.2) is 0 Å². The molecule has 0 radical (unpaired) electrons. The molecular formula is C17H27NO. The van der Waals surface area contributed by atoms with Crippen molar-refractivity contribution in [2.75, 3.05) is 13.7 Å². The van der Waals surface area contributed by atoms with Crippen molar-refractivity contribution in [3.63, 3.8) is 0 Å². The van der Waals surface area contributed by atoms with Crippen LogP contribution in [0, 0.1) is 18.8 Å². The van der Waals surface area contributed by atoms with Gasteiger partial charge in [-0.3, -0.25) is 0 Å². The molecule has 1 aromatic carbocycles. The van der Waals surface area contributed by atoms with Gasteiger partial charge in [-0.2, -0.15) is 0 Å². The molecule has 2 rings (SSSR count). The van der Waals surface area contributed by atoms with Crippen molar-refractivity contribution >= 4 is 0 Å². The molecule has 0 bridgehead atoms. The number of hydrogen-bond donors (Lipinski definition) is 1. The molecule has 1 saturated carbocycles. The number of aryl methyl sites for hydroxylation is 1. The summed E-state index contributed by atoms with van der Waals surface area (Å²) < 4.78 is 5.30. The largest absolute Gasteiger partial charge is 0.497 e. The zero-order valence-electron chi connectivity index (χ0n) is 12.5. The van der Waals surface area contributed by atoms with Gasteiger partial charge in [0.25, 0.3) is 0 Å². The van der Waals surface area contributed by atoms with E-state index in [0.29, 0.717) is 5.92 Å². The van der Waals surface area contributed by atoms with E-state index in [9.17, 15) is 0 Å². The summed E-state index contributed by atoms with van der Waals surface area (Å²) in [7, 11) is 1.72. The van der Waals surface area contributed by atoms with Gasteiger partial charge in [-0.25, -0.2) is 0 Å². The van der Waals surface area contributed by atoms with Gasteiger partial charge in [0.1, 0.15) is 5.75 Å². The first-order valence-electron chi connectivity index (χ1n) is 7.52.